The van der Waals surface area contributed by atoms with Gasteiger partial charge < -0.3 is 4.74 Å². The van der Waals surface area contributed by atoms with Crippen LogP contribution < -0.4 is 4.74 Å². The van der Waals surface area contributed by atoms with E-state index >= 15 is 0 Å². The van der Waals surface area contributed by atoms with Crippen molar-refractivity contribution < 1.29 is 9.53 Å². The smallest absolute Gasteiger partial charge is 0.151 e. The summed E-state index contributed by atoms with van der Waals surface area (Å²) < 4.78 is 6.25. The molecule has 0 radical (unpaired) electrons. The topological polar surface area (TPSA) is 26.3 Å². The minimum atomic E-state index is 0.675. The molecule has 0 saturated carbocycles. The molecule has 4 heteroatoms. The molecule has 0 spiro atoms. The Hall–Kier alpha value is -1.26. The van der Waals surface area contributed by atoms with E-state index in [2.05, 4.69) is 15.9 Å². The molecule has 0 heterocycles. The Morgan fingerprint density at radius 1 is 1.17 bits per heavy atom. The highest BCUT2D eigenvalue weighted by molar-refractivity contribution is 9.10. The number of benzene rings is 2. The Morgan fingerprint density at radius 3 is 2.67 bits per heavy atom. The van der Waals surface area contributed by atoms with Gasteiger partial charge in [-0.2, -0.15) is 0 Å². The van der Waals surface area contributed by atoms with Crippen LogP contribution in [0, 0.1) is 0 Å². The molecule has 2 rings (SSSR count). The minimum absolute atomic E-state index is 0.675. The predicted octanol–water partition coefficient (Wildman–Crippen LogP) is 4.42. The van der Waals surface area contributed by atoms with Crippen molar-refractivity contribution in [2.45, 2.75) is 9.79 Å². The third kappa shape index (κ3) is 2.94. The zero-order valence-corrected chi connectivity index (χ0v) is 12.1. The first-order chi connectivity index (χ1) is 8.74. The summed E-state index contributed by atoms with van der Waals surface area (Å²) in [5.74, 6) is 0.805. The van der Waals surface area contributed by atoms with Gasteiger partial charge in [0.15, 0.2) is 6.29 Å². The number of hydrogen-bond acceptors (Lipinski definition) is 3. The molecule has 0 aromatic heterocycles. The fourth-order valence-corrected chi connectivity index (χ4v) is 3.08. The van der Waals surface area contributed by atoms with E-state index in [1.54, 1.807) is 13.2 Å². The van der Waals surface area contributed by atoms with Gasteiger partial charge in [-0.1, -0.05) is 39.8 Å². The van der Waals surface area contributed by atoms with Crippen molar-refractivity contribution in [3.63, 3.8) is 0 Å². The molecule has 2 aromatic rings. The number of carbonyl (C=O) groups excluding carboxylic acids is 1. The molecule has 0 N–H and O–H groups in total. The van der Waals surface area contributed by atoms with Crippen LogP contribution in [0.5, 0.6) is 5.75 Å². The summed E-state index contributed by atoms with van der Waals surface area (Å²) in [6.07, 6.45) is 0.865. The minimum Gasteiger partial charge on any atom is -0.496 e. The van der Waals surface area contributed by atoms with Gasteiger partial charge in [0.2, 0.25) is 0 Å². The molecule has 0 amide bonds. The van der Waals surface area contributed by atoms with Crippen molar-refractivity contribution in [1.29, 1.82) is 0 Å². The molecular formula is C14H11BrO2S. The lowest BCUT2D eigenvalue weighted by Crippen LogP contribution is -1.88. The number of rotatable bonds is 4. The summed E-state index contributed by atoms with van der Waals surface area (Å²) in [7, 11) is 1.64. The molecule has 0 aliphatic carbocycles. The molecule has 92 valence electrons. The van der Waals surface area contributed by atoms with Crippen molar-refractivity contribution in [2.75, 3.05) is 7.11 Å². The van der Waals surface area contributed by atoms with E-state index in [0.717, 1.165) is 26.3 Å². The van der Waals surface area contributed by atoms with Gasteiger partial charge in [0.1, 0.15) is 5.75 Å². The molecular weight excluding hydrogens is 312 g/mol. The van der Waals surface area contributed by atoms with E-state index in [0.29, 0.717) is 5.56 Å². The van der Waals surface area contributed by atoms with E-state index in [4.69, 9.17) is 4.74 Å². The number of halogens is 1. The second kappa shape index (κ2) is 6.07. The summed E-state index contributed by atoms with van der Waals surface area (Å²) in [6.45, 7) is 0. The van der Waals surface area contributed by atoms with Gasteiger partial charge in [-0.25, -0.2) is 0 Å². The SMILES string of the molecule is COc1ccccc1Sc1cc(Br)ccc1C=O. The Bertz CT molecular complexity index is 569. The molecule has 2 nitrogen and oxygen atoms in total. The first-order valence-electron chi connectivity index (χ1n) is 5.30. The van der Waals surface area contributed by atoms with Crippen LogP contribution in [0.3, 0.4) is 0 Å². The van der Waals surface area contributed by atoms with Crippen LogP contribution in [0.25, 0.3) is 0 Å². The van der Waals surface area contributed by atoms with Gasteiger partial charge in [-0.05, 0) is 30.3 Å². The summed E-state index contributed by atoms with van der Waals surface area (Å²) in [4.78, 5) is 12.9. The lowest BCUT2D eigenvalue weighted by atomic mass is 10.2. The molecule has 2 aromatic carbocycles. The van der Waals surface area contributed by atoms with Crippen LogP contribution in [0.1, 0.15) is 10.4 Å². The average molecular weight is 323 g/mol. The van der Waals surface area contributed by atoms with Gasteiger partial charge in [-0.15, -0.1) is 0 Å². The third-order valence-electron chi connectivity index (χ3n) is 2.39. The highest BCUT2D eigenvalue weighted by atomic mass is 79.9. The maximum Gasteiger partial charge on any atom is 0.151 e. The highest BCUT2D eigenvalue weighted by Crippen LogP contribution is 2.37. The number of hydrogen-bond donors (Lipinski definition) is 0. The summed E-state index contributed by atoms with van der Waals surface area (Å²) in [5, 5.41) is 0. The predicted molar refractivity (Wildman–Crippen MR) is 76.6 cm³/mol. The van der Waals surface area contributed by atoms with Gasteiger partial charge in [0.05, 0.1) is 12.0 Å². The Morgan fingerprint density at radius 2 is 1.94 bits per heavy atom. The van der Waals surface area contributed by atoms with Crippen molar-refractivity contribution in [2.24, 2.45) is 0 Å². The van der Waals surface area contributed by atoms with Crippen LogP contribution in [-0.2, 0) is 0 Å². The van der Waals surface area contributed by atoms with E-state index in [1.165, 1.54) is 11.8 Å². The van der Waals surface area contributed by atoms with Crippen LogP contribution in [0.4, 0.5) is 0 Å². The summed E-state index contributed by atoms with van der Waals surface area (Å²) in [5.41, 5.74) is 0.675. The van der Waals surface area contributed by atoms with Crippen molar-refractivity contribution in [1.82, 2.24) is 0 Å². The number of aldehydes is 1. The number of methoxy groups -OCH3 is 1. The van der Waals surface area contributed by atoms with Crippen molar-refractivity contribution >= 4 is 34.0 Å². The van der Waals surface area contributed by atoms with Gasteiger partial charge in [0.25, 0.3) is 0 Å². The lowest BCUT2D eigenvalue weighted by Gasteiger charge is -2.09. The normalized spacial score (nSPS) is 10.1. The zero-order chi connectivity index (χ0) is 13.0. The largest absolute Gasteiger partial charge is 0.496 e. The lowest BCUT2D eigenvalue weighted by molar-refractivity contribution is 0.112. The first kappa shape index (κ1) is 13.2. The zero-order valence-electron chi connectivity index (χ0n) is 9.72. The standard InChI is InChI=1S/C14H11BrO2S/c1-17-12-4-2-3-5-13(12)18-14-8-11(15)7-6-10(14)9-16/h2-9H,1H3. The number of carbonyl (C=O) groups is 1. The fraction of sp³-hybridized carbons (Fsp3) is 0.0714. The molecule has 0 aliphatic heterocycles. The molecule has 0 unspecified atom stereocenters. The first-order valence-corrected chi connectivity index (χ1v) is 6.91. The van der Waals surface area contributed by atoms with Gasteiger partial charge in [-0.3, -0.25) is 4.79 Å². The van der Waals surface area contributed by atoms with E-state index in [9.17, 15) is 4.79 Å². The average Bonchev–Trinajstić information content (AvgIpc) is 2.40. The summed E-state index contributed by atoms with van der Waals surface area (Å²) in [6, 6.07) is 13.3. The molecule has 18 heavy (non-hydrogen) atoms. The number of ether oxygens (including phenoxy) is 1. The maximum atomic E-state index is 11.0. The monoisotopic (exact) mass is 322 g/mol. The Kier molecular flexibility index (Phi) is 4.44. The number of para-hydroxylation sites is 1. The van der Waals surface area contributed by atoms with E-state index < -0.39 is 0 Å². The molecule has 0 aliphatic rings. The second-order valence-corrected chi connectivity index (χ2v) is 5.55. The van der Waals surface area contributed by atoms with Crippen molar-refractivity contribution in [3.05, 3.63) is 52.5 Å². The molecule has 0 bridgehead atoms. The molecule has 0 atom stereocenters. The Balaban J connectivity index is 2.39. The van der Waals surface area contributed by atoms with Crippen LogP contribution >= 0.6 is 27.7 Å². The van der Waals surface area contributed by atoms with Crippen LogP contribution in [0.2, 0.25) is 0 Å². The second-order valence-electron chi connectivity index (χ2n) is 3.55. The van der Waals surface area contributed by atoms with Crippen molar-refractivity contribution in [3.8, 4) is 5.75 Å². The fourth-order valence-electron chi connectivity index (χ4n) is 1.52. The maximum absolute atomic E-state index is 11.0. The quantitative estimate of drug-likeness (QED) is 0.779. The molecule has 0 fully saturated rings. The van der Waals surface area contributed by atoms with E-state index in [-0.39, 0.29) is 0 Å². The Labute approximate surface area is 118 Å². The third-order valence-corrected chi connectivity index (χ3v) is 4.02. The summed E-state index contributed by atoms with van der Waals surface area (Å²) >= 11 is 4.93. The van der Waals surface area contributed by atoms with Gasteiger partial charge in [0, 0.05) is 14.9 Å². The van der Waals surface area contributed by atoms with Crippen LogP contribution in [-0.4, -0.2) is 13.4 Å². The van der Waals surface area contributed by atoms with Crippen LogP contribution in [0.15, 0.2) is 56.7 Å². The molecule has 0 saturated heterocycles. The highest BCUT2D eigenvalue weighted by Gasteiger charge is 2.08. The van der Waals surface area contributed by atoms with E-state index in [1.807, 2.05) is 36.4 Å². The van der Waals surface area contributed by atoms with Gasteiger partial charge >= 0.3 is 0 Å².